The van der Waals surface area contributed by atoms with Crippen molar-refractivity contribution in [3.63, 3.8) is 0 Å². The molecule has 0 saturated carbocycles. The fourth-order valence-electron chi connectivity index (χ4n) is 1.46. The summed E-state index contributed by atoms with van der Waals surface area (Å²) < 4.78 is 0. The predicted octanol–water partition coefficient (Wildman–Crippen LogP) is 3.04. The van der Waals surface area contributed by atoms with Gasteiger partial charge in [-0.1, -0.05) is 12.2 Å². The van der Waals surface area contributed by atoms with E-state index in [0.29, 0.717) is 6.42 Å². The van der Waals surface area contributed by atoms with Crippen LogP contribution in [0.15, 0.2) is 24.9 Å². The Labute approximate surface area is 90.7 Å². The zero-order valence-corrected chi connectivity index (χ0v) is 9.34. The molecule has 0 amide bonds. The molecule has 0 aliphatic carbocycles. The minimum Gasteiger partial charge on any atom is -0.361 e. The Morgan fingerprint density at radius 1 is 1.60 bits per heavy atom. The van der Waals surface area contributed by atoms with Gasteiger partial charge in [0.05, 0.1) is 0 Å². The molecular formula is C13H17NO. The largest absolute Gasteiger partial charge is 0.361 e. The van der Waals surface area contributed by atoms with E-state index in [-0.39, 0.29) is 5.78 Å². The van der Waals surface area contributed by atoms with E-state index in [4.69, 9.17) is 0 Å². The Morgan fingerprint density at radius 2 is 2.33 bits per heavy atom. The van der Waals surface area contributed by atoms with Crippen LogP contribution in [0.3, 0.4) is 0 Å². The fraction of sp³-hybridized carbons (Fsp3) is 0.308. The molecule has 0 spiro atoms. The number of Topliss-reactive ketones (excluding diaryl/α,β-unsaturated/α-hetero) is 1. The van der Waals surface area contributed by atoms with Crippen LogP contribution in [0, 0.1) is 6.92 Å². The maximum Gasteiger partial charge on any atom is 0.134 e. The number of rotatable bonds is 5. The third-order valence-electron chi connectivity index (χ3n) is 2.31. The van der Waals surface area contributed by atoms with Crippen LogP contribution in [-0.4, -0.2) is 10.8 Å². The molecule has 1 N–H and O–H groups in total. The quantitative estimate of drug-likeness (QED) is 0.733. The van der Waals surface area contributed by atoms with Crippen LogP contribution in [0.25, 0.3) is 6.08 Å². The van der Waals surface area contributed by atoms with Crippen molar-refractivity contribution in [2.75, 3.05) is 0 Å². The van der Waals surface area contributed by atoms with Gasteiger partial charge >= 0.3 is 0 Å². The van der Waals surface area contributed by atoms with Crippen molar-refractivity contribution < 1.29 is 4.79 Å². The third kappa shape index (κ3) is 3.24. The maximum atomic E-state index is 11.0. The molecule has 15 heavy (non-hydrogen) atoms. The van der Waals surface area contributed by atoms with Crippen LogP contribution in [-0.2, 0) is 11.2 Å². The number of hydrogen-bond donors (Lipinski definition) is 1. The molecule has 1 aromatic rings. The first-order chi connectivity index (χ1) is 7.15. The first-order valence-electron chi connectivity index (χ1n) is 5.09. The molecule has 0 aliphatic rings. The minimum absolute atomic E-state index is 0.193. The number of aromatic nitrogens is 1. The minimum atomic E-state index is 0.193. The molecular weight excluding hydrogens is 186 g/mol. The first-order valence-corrected chi connectivity index (χ1v) is 5.09. The van der Waals surface area contributed by atoms with Crippen molar-refractivity contribution in [1.29, 1.82) is 0 Å². The van der Waals surface area contributed by atoms with Gasteiger partial charge in [-0.15, -0.1) is 6.58 Å². The topological polar surface area (TPSA) is 32.9 Å². The number of allylic oxidation sites excluding steroid dienone is 2. The number of H-pyrrole nitrogens is 1. The third-order valence-corrected chi connectivity index (χ3v) is 2.31. The monoisotopic (exact) mass is 203 g/mol. The maximum absolute atomic E-state index is 11.0. The van der Waals surface area contributed by atoms with Gasteiger partial charge in [-0.25, -0.2) is 0 Å². The summed E-state index contributed by atoms with van der Waals surface area (Å²) in [6.45, 7) is 7.29. The molecule has 0 unspecified atom stereocenters. The van der Waals surface area contributed by atoms with Crippen LogP contribution >= 0.6 is 0 Å². The van der Waals surface area contributed by atoms with Crippen LogP contribution < -0.4 is 0 Å². The van der Waals surface area contributed by atoms with Gasteiger partial charge in [0.15, 0.2) is 0 Å². The van der Waals surface area contributed by atoms with Gasteiger partial charge in [0.2, 0.25) is 0 Å². The van der Waals surface area contributed by atoms with E-state index in [1.54, 1.807) is 6.92 Å². The molecule has 2 heteroatoms. The normalized spacial score (nSPS) is 10.8. The number of ketones is 1. The van der Waals surface area contributed by atoms with Crippen molar-refractivity contribution in [2.24, 2.45) is 0 Å². The van der Waals surface area contributed by atoms with E-state index < -0.39 is 0 Å². The second kappa shape index (κ2) is 5.35. The van der Waals surface area contributed by atoms with E-state index in [0.717, 1.165) is 23.2 Å². The predicted molar refractivity (Wildman–Crippen MR) is 63.8 cm³/mol. The van der Waals surface area contributed by atoms with Crippen molar-refractivity contribution in [1.82, 2.24) is 4.98 Å². The highest BCUT2D eigenvalue weighted by molar-refractivity contribution is 5.78. The van der Waals surface area contributed by atoms with Crippen LogP contribution in [0.1, 0.15) is 30.2 Å². The Morgan fingerprint density at radius 3 is 2.93 bits per heavy atom. The van der Waals surface area contributed by atoms with Gasteiger partial charge in [-0.05, 0) is 37.5 Å². The number of nitrogens with one attached hydrogen (secondary N) is 1. The Balaban J connectivity index is 2.79. The molecule has 0 saturated heterocycles. The fourth-order valence-corrected chi connectivity index (χ4v) is 1.46. The summed E-state index contributed by atoms with van der Waals surface area (Å²) in [4.78, 5) is 14.2. The van der Waals surface area contributed by atoms with E-state index in [1.807, 2.05) is 31.3 Å². The standard InChI is InChI=1S/C13H17NO/c1-4-5-6-7-13-11(3)12(9-14-13)8-10(2)15/h4,6-7,9,14H,1,5,8H2,2-3H3/b7-6-. The molecule has 0 radical (unpaired) electrons. The Hall–Kier alpha value is -1.57. The summed E-state index contributed by atoms with van der Waals surface area (Å²) in [5.41, 5.74) is 3.32. The molecule has 2 nitrogen and oxygen atoms in total. The molecule has 0 aliphatic heterocycles. The summed E-state index contributed by atoms with van der Waals surface area (Å²) in [6, 6.07) is 0. The lowest BCUT2D eigenvalue weighted by atomic mass is 10.1. The van der Waals surface area contributed by atoms with Gasteiger partial charge in [0.1, 0.15) is 5.78 Å². The summed E-state index contributed by atoms with van der Waals surface area (Å²) in [5, 5.41) is 0. The number of carbonyl (C=O) groups is 1. The highest BCUT2D eigenvalue weighted by Gasteiger charge is 2.05. The SMILES string of the molecule is C=CC/C=C\c1[nH]cc(CC(C)=O)c1C. The van der Waals surface area contributed by atoms with Crippen molar-refractivity contribution >= 4 is 11.9 Å². The van der Waals surface area contributed by atoms with Crippen molar-refractivity contribution in [2.45, 2.75) is 26.7 Å². The summed E-state index contributed by atoms with van der Waals surface area (Å²) in [6.07, 6.45) is 9.21. The van der Waals surface area contributed by atoms with Gasteiger partial charge in [0, 0.05) is 18.3 Å². The van der Waals surface area contributed by atoms with Gasteiger partial charge in [-0.2, -0.15) is 0 Å². The molecule has 80 valence electrons. The zero-order chi connectivity index (χ0) is 11.3. The van der Waals surface area contributed by atoms with E-state index in [2.05, 4.69) is 11.6 Å². The van der Waals surface area contributed by atoms with Gasteiger partial charge in [-0.3, -0.25) is 4.79 Å². The highest BCUT2D eigenvalue weighted by atomic mass is 16.1. The number of carbonyl (C=O) groups excluding carboxylic acids is 1. The Kier molecular flexibility index (Phi) is 4.10. The molecule has 1 rings (SSSR count). The lowest BCUT2D eigenvalue weighted by molar-refractivity contribution is -0.116. The summed E-state index contributed by atoms with van der Waals surface area (Å²) in [7, 11) is 0. The first kappa shape index (κ1) is 11.5. The smallest absolute Gasteiger partial charge is 0.134 e. The highest BCUT2D eigenvalue weighted by Crippen LogP contribution is 2.15. The lowest BCUT2D eigenvalue weighted by Gasteiger charge is -1.95. The Bertz CT molecular complexity index is 385. The lowest BCUT2D eigenvalue weighted by Crippen LogP contribution is -1.96. The average Bonchev–Trinajstić information content (AvgIpc) is 2.49. The summed E-state index contributed by atoms with van der Waals surface area (Å²) >= 11 is 0. The molecule has 0 bridgehead atoms. The molecule has 0 atom stereocenters. The van der Waals surface area contributed by atoms with E-state index >= 15 is 0 Å². The number of aromatic amines is 1. The van der Waals surface area contributed by atoms with Crippen LogP contribution in [0.4, 0.5) is 0 Å². The summed E-state index contributed by atoms with van der Waals surface area (Å²) in [5.74, 6) is 0.193. The van der Waals surface area contributed by atoms with Gasteiger partial charge in [0.25, 0.3) is 0 Å². The molecule has 0 aromatic carbocycles. The second-order valence-corrected chi connectivity index (χ2v) is 3.66. The van der Waals surface area contributed by atoms with Gasteiger partial charge < -0.3 is 4.98 Å². The van der Waals surface area contributed by atoms with E-state index in [1.165, 1.54) is 0 Å². The van der Waals surface area contributed by atoms with Crippen LogP contribution in [0.5, 0.6) is 0 Å². The average molecular weight is 203 g/mol. The molecule has 1 heterocycles. The molecule has 1 aromatic heterocycles. The second-order valence-electron chi connectivity index (χ2n) is 3.66. The zero-order valence-electron chi connectivity index (χ0n) is 9.34. The molecule has 0 fully saturated rings. The van der Waals surface area contributed by atoms with Crippen molar-refractivity contribution in [3.8, 4) is 0 Å². The van der Waals surface area contributed by atoms with E-state index in [9.17, 15) is 4.79 Å². The van der Waals surface area contributed by atoms with Crippen LogP contribution in [0.2, 0.25) is 0 Å². The van der Waals surface area contributed by atoms with Crippen molar-refractivity contribution in [3.05, 3.63) is 41.7 Å². The number of hydrogen-bond acceptors (Lipinski definition) is 1.